The van der Waals surface area contributed by atoms with Crippen LogP contribution in [0.2, 0.25) is 0 Å². The Morgan fingerprint density at radius 3 is 2.67 bits per heavy atom. The van der Waals surface area contributed by atoms with Gasteiger partial charge in [0.15, 0.2) is 0 Å². The molecule has 0 bridgehead atoms. The molecule has 0 unspecified atom stereocenters. The van der Waals surface area contributed by atoms with Gasteiger partial charge in [0.2, 0.25) is 11.8 Å². The number of benzene rings is 2. The van der Waals surface area contributed by atoms with Gasteiger partial charge in [-0.2, -0.15) is 8.78 Å². The number of hydrogen-bond donors (Lipinski definition) is 1. The average Bonchev–Trinajstić information content (AvgIpc) is 3.11. The number of alkyl halides is 2. The lowest BCUT2D eigenvalue weighted by Crippen LogP contribution is -2.15. The molecule has 0 atom stereocenters. The highest BCUT2D eigenvalue weighted by atomic mass is 32.2. The number of amides is 1. The van der Waals surface area contributed by atoms with Gasteiger partial charge in [-0.25, -0.2) is 0 Å². The van der Waals surface area contributed by atoms with Crippen LogP contribution >= 0.6 is 11.8 Å². The van der Waals surface area contributed by atoms with Crippen LogP contribution in [0.4, 0.5) is 14.5 Å². The number of aryl methyl sites for hydroxylation is 1. The molecule has 2 aromatic carbocycles. The summed E-state index contributed by atoms with van der Waals surface area (Å²) >= 11 is 1.04. The van der Waals surface area contributed by atoms with E-state index < -0.39 is 12.5 Å². The van der Waals surface area contributed by atoms with Crippen molar-refractivity contribution in [2.24, 2.45) is 0 Å². The molecule has 1 amide bonds. The van der Waals surface area contributed by atoms with E-state index in [0.717, 1.165) is 22.9 Å². The highest BCUT2D eigenvalue weighted by molar-refractivity contribution is 7.99. The number of hydrogen-bond acceptors (Lipinski definition) is 6. The third-order valence-electron chi connectivity index (χ3n) is 3.41. The lowest BCUT2D eigenvalue weighted by atomic mass is 10.1. The van der Waals surface area contributed by atoms with E-state index in [0.29, 0.717) is 5.89 Å². The van der Waals surface area contributed by atoms with E-state index in [4.69, 9.17) is 4.42 Å². The summed E-state index contributed by atoms with van der Waals surface area (Å²) in [5, 5.41) is 10.6. The molecule has 3 rings (SSSR count). The van der Waals surface area contributed by atoms with Crippen molar-refractivity contribution in [3.05, 3.63) is 54.1 Å². The van der Waals surface area contributed by atoms with Gasteiger partial charge in [-0.3, -0.25) is 4.79 Å². The first-order valence-electron chi connectivity index (χ1n) is 7.88. The molecule has 0 aliphatic heterocycles. The number of para-hydroxylation sites is 2. The smallest absolute Gasteiger partial charge is 0.387 e. The zero-order chi connectivity index (χ0) is 19.2. The van der Waals surface area contributed by atoms with Gasteiger partial charge >= 0.3 is 6.61 Å². The third-order valence-corrected chi connectivity index (χ3v) is 4.23. The van der Waals surface area contributed by atoms with Gasteiger partial charge in [-0.15, -0.1) is 10.2 Å². The summed E-state index contributed by atoms with van der Waals surface area (Å²) in [5.74, 6) is -0.197. The maximum absolute atomic E-state index is 12.4. The topological polar surface area (TPSA) is 77.2 Å². The van der Waals surface area contributed by atoms with Crippen LogP contribution in [0.15, 0.2) is 58.2 Å². The molecule has 140 valence electrons. The first-order valence-corrected chi connectivity index (χ1v) is 8.87. The standard InChI is InChI=1S/C18H15F2N3O3S/c1-11-6-8-12(9-7-11)16-22-23-18(26-16)27-10-15(24)21-13-4-2-3-5-14(13)25-17(19)20/h2-9,17H,10H2,1H3,(H,21,24). The zero-order valence-corrected chi connectivity index (χ0v) is 15.0. The minimum atomic E-state index is -2.98. The fourth-order valence-corrected chi connectivity index (χ4v) is 2.73. The Morgan fingerprint density at radius 1 is 1.19 bits per heavy atom. The molecule has 0 saturated heterocycles. The molecule has 1 heterocycles. The molecular formula is C18H15F2N3O3S. The van der Waals surface area contributed by atoms with Gasteiger partial charge in [0.05, 0.1) is 11.4 Å². The third kappa shape index (κ3) is 5.27. The summed E-state index contributed by atoms with van der Waals surface area (Å²) in [7, 11) is 0. The number of aromatic nitrogens is 2. The predicted molar refractivity (Wildman–Crippen MR) is 96.9 cm³/mol. The van der Waals surface area contributed by atoms with Crippen LogP contribution in [0.3, 0.4) is 0 Å². The van der Waals surface area contributed by atoms with E-state index in [9.17, 15) is 13.6 Å². The van der Waals surface area contributed by atoms with Crippen LogP contribution in [-0.2, 0) is 4.79 Å². The maximum Gasteiger partial charge on any atom is 0.387 e. The summed E-state index contributed by atoms with van der Waals surface area (Å²) in [6.45, 7) is -1.00. The number of rotatable bonds is 7. The van der Waals surface area contributed by atoms with Crippen LogP contribution in [0.25, 0.3) is 11.5 Å². The second kappa shape index (κ2) is 8.63. The number of thioether (sulfide) groups is 1. The van der Waals surface area contributed by atoms with Crippen molar-refractivity contribution in [3.8, 4) is 17.2 Å². The zero-order valence-electron chi connectivity index (χ0n) is 14.2. The molecule has 0 aliphatic carbocycles. The molecule has 1 aromatic heterocycles. The Kier molecular flexibility index (Phi) is 6.02. The fraction of sp³-hybridized carbons (Fsp3) is 0.167. The Labute approximate surface area is 157 Å². The average molecular weight is 391 g/mol. The van der Waals surface area contributed by atoms with E-state index in [1.165, 1.54) is 18.2 Å². The van der Waals surface area contributed by atoms with Crippen molar-refractivity contribution in [3.63, 3.8) is 0 Å². The number of nitrogens with zero attached hydrogens (tertiary/aromatic N) is 2. The van der Waals surface area contributed by atoms with Crippen LogP contribution < -0.4 is 10.1 Å². The van der Waals surface area contributed by atoms with Crippen LogP contribution in [-0.4, -0.2) is 28.5 Å². The van der Waals surface area contributed by atoms with Crippen molar-refractivity contribution >= 4 is 23.4 Å². The Morgan fingerprint density at radius 2 is 1.93 bits per heavy atom. The number of halogens is 2. The molecule has 0 fully saturated rings. The lowest BCUT2D eigenvalue weighted by Gasteiger charge is -2.11. The number of carbonyl (C=O) groups is 1. The monoisotopic (exact) mass is 391 g/mol. The van der Waals surface area contributed by atoms with Crippen molar-refractivity contribution in [2.75, 3.05) is 11.1 Å². The summed E-state index contributed by atoms with van der Waals surface area (Å²) in [5.41, 5.74) is 2.05. The molecule has 3 aromatic rings. The van der Waals surface area contributed by atoms with Crippen molar-refractivity contribution < 1.29 is 22.7 Å². The summed E-state index contributed by atoms with van der Waals surface area (Å²) < 4.78 is 34.7. The molecule has 9 heteroatoms. The molecular weight excluding hydrogens is 376 g/mol. The quantitative estimate of drug-likeness (QED) is 0.603. The Hall–Kier alpha value is -2.94. The van der Waals surface area contributed by atoms with Crippen molar-refractivity contribution in [2.45, 2.75) is 18.8 Å². The van der Waals surface area contributed by atoms with E-state index in [-0.39, 0.29) is 22.4 Å². The summed E-state index contributed by atoms with van der Waals surface area (Å²) in [4.78, 5) is 12.1. The molecule has 6 nitrogen and oxygen atoms in total. The first-order chi connectivity index (χ1) is 13.0. The van der Waals surface area contributed by atoms with Gasteiger partial charge in [0.1, 0.15) is 5.75 Å². The van der Waals surface area contributed by atoms with Gasteiger partial charge in [0.25, 0.3) is 5.22 Å². The normalized spacial score (nSPS) is 10.8. The van der Waals surface area contributed by atoms with Gasteiger partial charge in [0, 0.05) is 5.56 Å². The number of ether oxygens (including phenoxy) is 1. The summed E-state index contributed by atoms with van der Waals surface area (Å²) in [6.07, 6.45) is 0. The lowest BCUT2D eigenvalue weighted by molar-refractivity contribution is -0.113. The van der Waals surface area contributed by atoms with E-state index in [1.54, 1.807) is 6.07 Å². The number of carbonyl (C=O) groups excluding carboxylic acids is 1. The minimum absolute atomic E-state index is 0.0292. The minimum Gasteiger partial charge on any atom is -0.433 e. The second-order valence-electron chi connectivity index (χ2n) is 5.45. The van der Waals surface area contributed by atoms with E-state index in [1.807, 2.05) is 31.2 Å². The van der Waals surface area contributed by atoms with E-state index >= 15 is 0 Å². The fourth-order valence-electron chi connectivity index (χ4n) is 2.16. The molecule has 0 aliphatic rings. The van der Waals surface area contributed by atoms with Crippen LogP contribution in [0, 0.1) is 6.92 Å². The van der Waals surface area contributed by atoms with Crippen LogP contribution in [0.5, 0.6) is 5.75 Å². The molecule has 0 spiro atoms. The summed E-state index contributed by atoms with van der Waals surface area (Å²) in [6, 6.07) is 13.6. The molecule has 1 N–H and O–H groups in total. The molecule has 27 heavy (non-hydrogen) atoms. The largest absolute Gasteiger partial charge is 0.433 e. The first kappa shape index (κ1) is 18.8. The molecule has 0 saturated carbocycles. The van der Waals surface area contributed by atoms with Gasteiger partial charge in [-0.1, -0.05) is 41.6 Å². The van der Waals surface area contributed by atoms with Crippen molar-refractivity contribution in [1.29, 1.82) is 0 Å². The van der Waals surface area contributed by atoms with Crippen molar-refractivity contribution in [1.82, 2.24) is 10.2 Å². The highest BCUT2D eigenvalue weighted by Gasteiger charge is 2.14. The van der Waals surface area contributed by atoms with Gasteiger partial charge < -0.3 is 14.5 Å². The predicted octanol–water partition coefficient (Wildman–Crippen LogP) is 4.38. The van der Waals surface area contributed by atoms with E-state index in [2.05, 4.69) is 20.3 Å². The van der Waals surface area contributed by atoms with Crippen LogP contribution in [0.1, 0.15) is 5.56 Å². The molecule has 0 radical (unpaired) electrons. The SMILES string of the molecule is Cc1ccc(-c2nnc(SCC(=O)Nc3ccccc3OC(F)F)o2)cc1. The number of anilines is 1. The Bertz CT molecular complexity index is 916. The number of nitrogens with one attached hydrogen (secondary N) is 1. The Balaban J connectivity index is 1.58. The maximum atomic E-state index is 12.4. The second-order valence-corrected chi connectivity index (χ2v) is 6.38. The van der Waals surface area contributed by atoms with Gasteiger partial charge in [-0.05, 0) is 31.2 Å². The highest BCUT2D eigenvalue weighted by Crippen LogP contribution is 2.27.